The summed E-state index contributed by atoms with van der Waals surface area (Å²) in [6, 6.07) is 13.4. The number of alkyl halides is 1. The number of nitrogens with zero attached hydrogens (tertiary/aromatic N) is 2. The second-order valence-electron chi connectivity index (χ2n) is 4.15. The summed E-state index contributed by atoms with van der Waals surface area (Å²) in [5, 5.41) is 0. The van der Waals surface area contributed by atoms with Crippen LogP contribution >= 0.6 is 0 Å². The van der Waals surface area contributed by atoms with Crippen LogP contribution in [0.5, 0.6) is 5.75 Å². The Morgan fingerprint density at radius 2 is 1.95 bits per heavy atom. The monoisotopic (exact) mass is 256 g/mol. The molecule has 1 aromatic carbocycles. The summed E-state index contributed by atoms with van der Waals surface area (Å²) < 4.78 is 19.2. The smallest absolute Gasteiger partial charge is 0.137 e. The Balaban J connectivity index is 1.88. The maximum absolute atomic E-state index is 12.0. The number of pyridine rings is 1. The summed E-state index contributed by atoms with van der Waals surface area (Å²) in [6.07, 6.45) is 3.94. The Bertz CT molecular complexity index is 643. The number of hydrogen-bond donors (Lipinski definition) is 0. The van der Waals surface area contributed by atoms with E-state index in [0.717, 1.165) is 16.9 Å². The molecule has 0 spiro atoms. The molecule has 19 heavy (non-hydrogen) atoms. The summed E-state index contributed by atoms with van der Waals surface area (Å²) in [6.45, 7) is -0.387. The SMILES string of the molecule is FCCOc1ccc(-c2cn3ccccc3n2)cc1. The average molecular weight is 256 g/mol. The zero-order valence-corrected chi connectivity index (χ0v) is 10.3. The van der Waals surface area contributed by atoms with Crippen molar-refractivity contribution >= 4 is 5.65 Å². The predicted octanol–water partition coefficient (Wildman–Crippen LogP) is 3.35. The van der Waals surface area contributed by atoms with Crippen molar-refractivity contribution in [3.8, 4) is 17.0 Å². The Hall–Kier alpha value is -2.36. The number of benzene rings is 1. The molecule has 0 fully saturated rings. The first kappa shape index (κ1) is 11.7. The van der Waals surface area contributed by atoms with Crippen LogP contribution in [0.1, 0.15) is 0 Å². The van der Waals surface area contributed by atoms with Crippen LogP contribution in [0.15, 0.2) is 54.9 Å². The number of imidazole rings is 1. The molecule has 0 amide bonds. The molecule has 4 heteroatoms. The number of rotatable bonds is 4. The Kier molecular flexibility index (Phi) is 3.14. The summed E-state index contributed by atoms with van der Waals surface area (Å²) in [5.41, 5.74) is 2.83. The predicted molar refractivity (Wildman–Crippen MR) is 72.1 cm³/mol. The first-order valence-electron chi connectivity index (χ1n) is 6.10. The summed E-state index contributed by atoms with van der Waals surface area (Å²) >= 11 is 0. The van der Waals surface area contributed by atoms with Crippen LogP contribution in [-0.4, -0.2) is 22.7 Å². The first-order valence-corrected chi connectivity index (χ1v) is 6.10. The lowest BCUT2D eigenvalue weighted by Gasteiger charge is -2.03. The van der Waals surface area contributed by atoms with Gasteiger partial charge in [0, 0.05) is 18.0 Å². The standard InChI is InChI=1S/C15H13FN2O/c16-8-10-19-13-6-4-12(5-7-13)14-11-18-9-2-1-3-15(18)17-14/h1-7,9,11H,8,10H2. The van der Waals surface area contributed by atoms with Crippen LogP contribution in [0.2, 0.25) is 0 Å². The van der Waals surface area contributed by atoms with E-state index in [9.17, 15) is 4.39 Å². The van der Waals surface area contributed by atoms with Crippen molar-refractivity contribution < 1.29 is 9.13 Å². The van der Waals surface area contributed by atoms with Gasteiger partial charge in [-0.05, 0) is 36.4 Å². The molecule has 0 N–H and O–H groups in total. The second kappa shape index (κ2) is 5.10. The molecule has 0 unspecified atom stereocenters. The molecule has 3 nitrogen and oxygen atoms in total. The molecule has 0 saturated carbocycles. The second-order valence-corrected chi connectivity index (χ2v) is 4.15. The lowest BCUT2D eigenvalue weighted by molar-refractivity contribution is 0.273. The molecule has 3 aromatic rings. The summed E-state index contributed by atoms with van der Waals surface area (Å²) in [4.78, 5) is 4.54. The molecular weight excluding hydrogens is 243 g/mol. The van der Waals surface area contributed by atoms with Gasteiger partial charge in [-0.15, -0.1) is 0 Å². The van der Waals surface area contributed by atoms with Gasteiger partial charge in [0.25, 0.3) is 0 Å². The van der Waals surface area contributed by atoms with E-state index in [4.69, 9.17) is 4.74 Å². The fourth-order valence-corrected chi connectivity index (χ4v) is 1.95. The van der Waals surface area contributed by atoms with Crippen molar-refractivity contribution in [1.82, 2.24) is 9.38 Å². The molecule has 2 aromatic heterocycles. The summed E-state index contributed by atoms with van der Waals surface area (Å²) in [5.74, 6) is 0.671. The molecule has 0 bridgehead atoms. The van der Waals surface area contributed by atoms with Gasteiger partial charge in [-0.2, -0.15) is 0 Å². The van der Waals surface area contributed by atoms with Crippen molar-refractivity contribution in [1.29, 1.82) is 0 Å². The minimum Gasteiger partial charge on any atom is -0.491 e. The van der Waals surface area contributed by atoms with E-state index in [-0.39, 0.29) is 6.61 Å². The maximum atomic E-state index is 12.0. The van der Waals surface area contributed by atoms with Gasteiger partial charge in [0.1, 0.15) is 24.7 Å². The van der Waals surface area contributed by atoms with E-state index in [1.54, 1.807) is 0 Å². The molecule has 0 aliphatic carbocycles. The highest BCUT2D eigenvalue weighted by atomic mass is 19.1. The highest BCUT2D eigenvalue weighted by Crippen LogP contribution is 2.22. The minimum absolute atomic E-state index is 0.0910. The van der Waals surface area contributed by atoms with Crippen molar-refractivity contribution in [2.24, 2.45) is 0 Å². The van der Waals surface area contributed by atoms with Gasteiger partial charge in [0.15, 0.2) is 0 Å². The number of fused-ring (bicyclic) bond motifs is 1. The van der Waals surface area contributed by atoms with E-state index in [2.05, 4.69) is 4.98 Å². The molecule has 0 radical (unpaired) electrons. The number of hydrogen-bond acceptors (Lipinski definition) is 2. The van der Waals surface area contributed by atoms with E-state index < -0.39 is 6.67 Å². The van der Waals surface area contributed by atoms with Gasteiger partial charge >= 0.3 is 0 Å². The lowest BCUT2D eigenvalue weighted by atomic mass is 10.2. The van der Waals surface area contributed by atoms with Crippen molar-refractivity contribution in [2.75, 3.05) is 13.3 Å². The third-order valence-corrected chi connectivity index (χ3v) is 2.86. The van der Waals surface area contributed by atoms with Crippen LogP contribution in [0.3, 0.4) is 0 Å². The van der Waals surface area contributed by atoms with Gasteiger partial charge in [0.05, 0.1) is 5.69 Å². The molecule has 3 rings (SSSR count). The number of halogens is 1. The maximum Gasteiger partial charge on any atom is 0.137 e. The molecule has 96 valence electrons. The van der Waals surface area contributed by atoms with Gasteiger partial charge in [-0.1, -0.05) is 6.07 Å². The molecule has 0 saturated heterocycles. The quantitative estimate of drug-likeness (QED) is 0.715. The number of ether oxygens (including phenoxy) is 1. The Labute approximate surface area is 110 Å². The summed E-state index contributed by atoms with van der Waals surface area (Å²) in [7, 11) is 0. The molecule has 2 heterocycles. The van der Waals surface area contributed by atoms with E-state index in [1.807, 2.05) is 59.3 Å². The fourth-order valence-electron chi connectivity index (χ4n) is 1.95. The van der Waals surface area contributed by atoms with Crippen LogP contribution < -0.4 is 4.74 Å². The zero-order chi connectivity index (χ0) is 13.1. The largest absolute Gasteiger partial charge is 0.491 e. The third kappa shape index (κ3) is 2.42. The number of aromatic nitrogens is 2. The minimum atomic E-state index is -0.478. The average Bonchev–Trinajstić information content (AvgIpc) is 2.89. The van der Waals surface area contributed by atoms with E-state index in [0.29, 0.717) is 5.75 Å². The van der Waals surface area contributed by atoms with E-state index in [1.165, 1.54) is 0 Å². The van der Waals surface area contributed by atoms with Crippen molar-refractivity contribution in [3.05, 3.63) is 54.9 Å². The molecular formula is C15H13FN2O. The van der Waals surface area contributed by atoms with Crippen molar-refractivity contribution in [3.63, 3.8) is 0 Å². The first-order chi connectivity index (χ1) is 9.36. The zero-order valence-electron chi connectivity index (χ0n) is 10.3. The van der Waals surface area contributed by atoms with Crippen LogP contribution in [0, 0.1) is 0 Å². The van der Waals surface area contributed by atoms with Gasteiger partial charge in [-0.3, -0.25) is 0 Å². The van der Waals surface area contributed by atoms with Crippen LogP contribution in [0.4, 0.5) is 4.39 Å². The lowest BCUT2D eigenvalue weighted by Crippen LogP contribution is -1.98. The topological polar surface area (TPSA) is 26.5 Å². The Morgan fingerprint density at radius 3 is 2.68 bits per heavy atom. The molecule has 0 atom stereocenters. The van der Waals surface area contributed by atoms with E-state index >= 15 is 0 Å². The molecule has 0 aliphatic rings. The third-order valence-electron chi connectivity index (χ3n) is 2.86. The van der Waals surface area contributed by atoms with Gasteiger partial charge < -0.3 is 9.14 Å². The highest BCUT2D eigenvalue weighted by Gasteiger charge is 2.04. The van der Waals surface area contributed by atoms with Gasteiger partial charge in [-0.25, -0.2) is 9.37 Å². The van der Waals surface area contributed by atoms with Crippen LogP contribution in [-0.2, 0) is 0 Å². The highest BCUT2D eigenvalue weighted by molar-refractivity contribution is 5.63. The normalized spacial score (nSPS) is 10.8. The van der Waals surface area contributed by atoms with Gasteiger partial charge in [0.2, 0.25) is 0 Å². The van der Waals surface area contributed by atoms with Crippen LogP contribution in [0.25, 0.3) is 16.9 Å². The Morgan fingerprint density at radius 1 is 1.11 bits per heavy atom. The fraction of sp³-hybridized carbons (Fsp3) is 0.133. The molecule has 0 aliphatic heterocycles. The van der Waals surface area contributed by atoms with Crippen molar-refractivity contribution in [2.45, 2.75) is 0 Å².